The first kappa shape index (κ1) is 17.6. The molecule has 0 spiro atoms. The van der Waals surface area contributed by atoms with Gasteiger partial charge in [0.15, 0.2) is 0 Å². The minimum absolute atomic E-state index is 0.250. The fraction of sp³-hybridized carbons (Fsp3) is 0.143. The molecule has 132 valence electrons. The first-order valence-electron chi connectivity index (χ1n) is 8.59. The van der Waals surface area contributed by atoms with Crippen LogP contribution in [0, 0.1) is 0 Å². The summed E-state index contributed by atoms with van der Waals surface area (Å²) >= 11 is 0. The lowest BCUT2D eigenvalue weighted by molar-refractivity contribution is -0.106. The maximum Gasteiger partial charge on any atom is 0.204 e. The molecule has 2 aromatic heterocycles. The average Bonchev–Trinajstić information content (AvgIpc) is 3.11. The summed E-state index contributed by atoms with van der Waals surface area (Å²) < 4.78 is 0. The van der Waals surface area contributed by atoms with Crippen LogP contribution < -0.4 is 11.5 Å². The van der Waals surface area contributed by atoms with Gasteiger partial charge in [0.25, 0.3) is 0 Å². The monoisotopic (exact) mass is 346 g/mol. The molecule has 5 N–H and O–H groups in total. The van der Waals surface area contributed by atoms with Crippen molar-refractivity contribution in [2.45, 2.75) is 12.8 Å². The standard InChI is InChI=1S/C20H19N3.CH3NO/c21-11-5-6-14-12-20(23-19-10-4-1-7-15(14)19)17-13-22-18-9-3-2-8-16(17)18;2-1-3/h1-4,7-10,12-13,22H,5-6,11,21H2;1H,(H2,2,3). The minimum Gasteiger partial charge on any atom is -0.372 e. The molecule has 0 aliphatic carbocycles. The topological polar surface area (TPSA) is 97.8 Å². The van der Waals surface area contributed by atoms with E-state index in [0.717, 1.165) is 35.1 Å². The lowest BCUT2D eigenvalue weighted by atomic mass is 10.0. The molecule has 2 heterocycles. The second kappa shape index (κ2) is 8.27. The number of rotatable bonds is 4. The van der Waals surface area contributed by atoms with Crippen LogP contribution in [-0.2, 0) is 11.2 Å². The van der Waals surface area contributed by atoms with Gasteiger partial charge in [-0.3, -0.25) is 4.79 Å². The molecule has 0 saturated heterocycles. The van der Waals surface area contributed by atoms with E-state index in [9.17, 15) is 0 Å². The van der Waals surface area contributed by atoms with E-state index in [4.69, 9.17) is 15.5 Å². The molecule has 2 aromatic carbocycles. The van der Waals surface area contributed by atoms with E-state index in [0.29, 0.717) is 6.54 Å². The number of hydrogen-bond donors (Lipinski definition) is 3. The van der Waals surface area contributed by atoms with Gasteiger partial charge in [0.2, 0.25) is 6.41 Å². The second-order valence-electron chi connectivity index (χ2n) is 5.96. The van der Waals surface area contributed by atoms with Crippen molar-refractivity contribution in [1.82, 2.24) is 9.97 Å². The summed E-state index contributed by atoms with van der Waals surface area (Å²) in [7, 11) is 0. The zero-order valence-corrected chi connectivity index (χ0v) is 14.5. The number of carbonyl (C=O) groups excluding carboxylic acids is 1. The van der Waals surface area contributed by atoms with E-state index in [1.807, 2.05) is 12.1 Å². The van der Waals surface area contributed by atoms with Crippen LogP contribution in [0.3, 0.4) is 0 Å². The summed E-state index contributed by atoms with van der Waals surface area (Å²) in [5, 5.41) is 2.43. The van der Waals surface area contributed by atoms with Gasteiger partial charge in [-0.1, -0.05) is 36.4 Å². The molecule has 0 aliphatic heterocycles. The van der Waals surface area contributed by atoms with Gasteiger partial charge >= 0.3 is 0 Å². The number of aromatic nitrogens is 2. The van der Waals surface area contributed by atoms with Gasteiger partial charge in [0, 0.05) is 28.0 Å². The minimum atomic E-state index is 0.250. The summed E-state index contributed by atoms with van der Waals surface area (Å²) in [4.78, 5) is 16.8. The number of hydrogen-bond acceptors (Lipinski definition) is 3. The molecule has 0 radical (unpaired) electrons. The molecule has 4 rings (SSSR count). The van der Waals surface area contributed by atoms with Crippen LogP contribution in [0.1, 0.15) is 12.0 Å². The van der Waals surface area contributed by atoms with E-state index >= 15 is 0 Å². The maximum atomic E-state index is 8.58. The van der Waals surface area contributed by atoms with Crippen LogP contribution in [0.5, 0.6) is 0 Å². The average molecular weight is 346 g/mol. The molecule has 0 unspecified atom stereocenters. The van der Waals surface area contributed by atoms with Crippen molar-refractivity contribution < 1.29 is 4.79 Å². The summed E-state index contributed by atoms with van der Waals surface area (Å²) in [5.41, 5.74) is 15.6. The van der Waals surface area contributed by atoms with Gasteiger partial charge < -0.3 is 16.5 Å². The van der Waals surface area contributed by atoms with Gasteiger partial charge in [0.1, 0.15) is 0 Å². The van der Waals surface area contributed by atoms with Crippen LogP contribution in [0.2, 0.25) is 0 Å². The number of benzene rings is 2. The number of nitrogens with zero attached hydrogens (tertiary/aromatic N) is 1. The highest BCUT2D eigenvalue weighted by Crippen LogP contribution is 2.30. The van der Waals surface area contributed by atoms with E-state index in [2.05, 4.69) is 59.4 Å². The molecular weight excluding hydrogens is 324 g/mol. The number of primary amides is 1. The number of nitrogens with two attached hydrogens (primary N) is 2. The second-order valence-corrected chi connectivity index (χ2v) is 5.96. The highest BCUT2D eigenvalue weighted by molar-refractivity contribution is 5.96. The summed E-state index contributed by atoms with van der Waals surface area (Å²) in [6.45, 7) is 0.707. The Morgan fingerprint density at radius 3 is 2.50 bits per heavy atom. The number of amides is 1. The molecule has 0 fully saturated rings. The number of aryl methyl sites for hydroxylation is 1. The molecule has 26 heavy (non-hydrogen) atoms. The van der Waals surface area contributed by atoms with Crippen molar-refractivity contribution in [3.05, 3.63) is 66.4 Å². The van der Waals surface area contributed by atoms with E-state index < -0.39 is 0 Å². The van der Waals surface area contributed by atoms with E-state index in [1.54, 1.807) is 0 Å². The number of carbonyl (C=O) groups is 1. The van der Waals surface area contributed by atoms with Crippen molar-refractivity contribution >= 4 is 28.2 Å². The largest absolute Gasteiger partial charge is 0.372 e. The summed E-state index contributed by atoms with van der Waals surface area (Å²) in [5.74, 6) is 0. The highest BCUT2D eigenvalue weighted by atomic mass is 16.1. The Morgan fingerprint density at radius 2 is 1.73 bits per heavy atom. The third kappa shape index (κ3) is 3.58. The molecule has 0 atom stereocenters. The number of H-pyrrole nitrogens is 1. The maximum absolute atomic E-state index is 8.58. The van der Waals surface area contributed by atoms with E-state index in [-0.39, 0.29) is 6.41 Å². The zero-order valence-electron chi connectivity index (χ0n) is 14.5. The van der Waals surface area contributed by atoms with E-state index in [1.165, 1.54) is 16.3 Å². The quantitative estimate of drug-likeness (QED) is 0.494. The Labute approximate surface area is 152 Å². The smallest absolute Gasteiger partial charge is 0.204 e. The number of fused-ring (bicyclic) bond motifs is 2. The highest BCUT2D eigenvalue weighted by Gasteiger charge is 2.11. The number of pyridine rings is 1. The predicted octanol–water partition coefficient (Wildman–Crippen LogP) is 3.38. The Hall–Kier alpha value is -3.18. The first-order chi connectivity index (χ1) is 12.8. The van der Waals surface area contributed by atoms with Gasteiger partial charge in [-0.15, -0.1) is 0 Å². The van der Waals surface area contributed by atoms with Crippen molar-refractivity contribution in [1.29, 1.82) is 0 Å². The fourth-order valence-electron chi connectivity index (χ4n) is 3.17. The van der Waals surface area contributed by atoms with Crippen molar-refractivity contribution in [2.24, 2.45) is 11.5 Å². The molecular formula is C21H22N4O. The molecule has 0 aliphatic rings. The lowest BCUT2D eigenvalue weighted by Crippen LogP contribution is -2.01. The van der Waals surface area contributed by atoms with Crippen molar-refractivity contribution in [3.63, 3.8) is 0 Å². The normalized spacial score (nSPS) is 10.5. The van der Waals surface area contributed by atoms with Crippen molar-refractivity contribution in [2.75, 3.05) is 6.54 Å². The van der Waals surface area contributed by atoms with Crippen LogP contribution in [-0.4, -0.2) is 22.9 Å². The van der Waals surface area contributed by atoms with Gasteiger partial charge in [0.05, 0.1) is 11.2 Å². The molecule has 4 aromatic rings. The summed E-state index contributed by atoms with van der Waals surface area (Å²) in [6, 6.07) is 18.9. The number of para-hydroxylation sites is 2. The Kier molecular flexibility index (Phi) is 5.61. The fourth-order valence-corrected chi connectivity index (χ4v) is 3.17. The Balaban J connectivity index is 0.000000613. The predicted molar refractivity (Wildman–Crippen MR) is 107 cm³/mol. The van der Waals surface area contributed by atoms with Gasteiger partial charge in [-0.2, -0.15) is 0 Å². The third-order valence-electron chi connectivity index (χ3n) is 4.32. The number of aromatic amines is 1. The Bertz CT molecular complexity index is 1020. The molecule has 5 nitrogen and oxygen atoms in total. The lowest BCUT2D eigenvalue weighted by Gasteiger charge is -2.09. The first-order valence-corrected chi connectivity index (χ1v) is 8.59. The molecule has 0 saturated carbocycles. The van der Waals surface area contributed by atoms with Crippen LogP contribution in [0.4, 0.5) is 0 Å². The number of nitrogens with one attached hydrogen (secondary N) is 1. The summed E-state index contributed by atoms with van der Waals surface area (Å²) in [6.07, 6.45) is 4.27. The Morgan fingerprint density at radius 1 is 1.04 bits per heavy atom. The van der Waals surface area contributed by atoms with Crippen LogP contribution in [0.25, 0.3) is 33.1 Å². The molecule has 1 amide bonds. The van der Waals surface area contributed by atoms with Gasteiger partial charge in [-0.05, 0) is 43.1 Å². The van der Waals surface area contributed by atoms with Crippen molar-refractivity contribution in [3.8, 4) is 11.3 Å². The van der Waals surface area contributed by atoms with Crippen LogP contribution in [0.15, 0.2) is 60.8 Å². The molecule has 0 bridgehead atoms. The van der Waals surface area contributed by atoms with Crippen LogP contribution >= 0.6 is 0 Å². The van der Waals surface area contributed by atoms with Gasteiger partial charge in [-0.25, -0.2) is 4.98 Å². The SMILES string of the molecule is NC=O.NCCCc1cc(-c2c[nH]c3ccccc23)nc2ccccc12. The third-order valence-corrected chi connectivity index (χ3v) is 4.32. The molecule has 5 heteroatoms. The zero-order chi connectivity index (χ0) is 18.4.